The summed E-state index contributed by atoms with van der Waals surface area (Å²) in [5.74, 6) is 0.585. The van der Waals surface area contributed by atoms with Gasteiger partial charge in [-0.2, -0.15) is 0 Å². The van der Waals surface area contributed by atoms with Gasteiger partial charge in [0.1, 0.15) is 0 Å². The van der Waals surface area contributed by atoms with E-state index in [1.165, 1.54) is 6.92 Å². The zero-order chi connectivity index (χ0) is 14.8. The molecule has 1 aromatic rings. The van der Waals surface area contributed by atoms with E-state index in [0.29, 0.717) is 11.5 Å². The average Bonchev–Trinajstić information content (AvgIpc) is 2.85. The minimum absolute atomic E-state index is 0.00997. The molecule has 110 valence electrons. The number of nitrogens with one attached hydrogen (secondary N) is 1. The van der Waals surface area contributed by atoms with E-state index < -0.39 is 10.0 Å². The highest BCUT2D eigenvalue weighted by atomic mass is 32.2. The number of hydrogen-bond acceptors (Lipinski definition) is 5. The van der Waals surface area contributed by atoms with Crippen molar-refractivity contribution in [2.45, 2.75) is 32.4 Å². The molecule has 1 saturated heterocycles. The van der Waals surface area contributed by atoms with Crippen molar-refractivity contribution in [3.05, 3.63) is 23.8 Å². The molecule has 1 aromatic heterocycles. The third kappa shape index (κ3) is 3.73. The van der Waals surface area contributed by atoms with Gasteiger partial charge < -0.3 is 4.90 Å². The summed E-state index contributed by atoms with van der Waals surface area (Å²) in [5.41, 5.74) is 0.593. The zero-order valence-electron chi connectivity index (χ0n) is 11.5. The summed E-state index contributed by atoms with van der Waals surface area (Å²) < 4.78 is 24.6. The van der Waals surface area contributed by atoms with Gasteiger partial charge in [-0.15, -0.1) is 0 Å². The van der Waals surface area contributed by atoms with Gasteiger partial charge in [-0.1, -0.05) is 0 Å². The summed E-state index contributed by atoms with van der Waals surface area (Å²) >= 11 is 0. The number of amides is 1. The largest absolute Gasteiger partial charge is 0.333 e. The molecule has 0 unspecified atom stereocenters. The average molecular weight is 298 g/mol. The van der Waals surface area contributed by atoms with Crippen molar-refractivity contribution in [2.24, 2.45) is 0 Å². The third-order valence-electron chi connectivity index (χ3n) is 3.20. The standard InChI is InChI=1S/C12H18N4O3S/c1-9(17)16-7-3-4-11(16)12-13-6-5-10(15-12)8-14-20(2,18)19/h5-6,11,14H,3-4,7-8H2,1-2H3/t11-/m1/s1. The zero-order valence-corrected chi connectivity index (χ0v) is 12.4. The Labute approximate surface area is 118 Å². The van der Waals surface area contributed by atoms with Crippen molar-refractivity contribution in [3.8, 4) is 0 Å². The summed E-state index contributed by atoms with van der Waals surface area (Å²) in [6.07, 6.45) is 4.46. The van der Waals surface area contributed by atoms with E-state index in [2.05, 4.69) is 14.7 Å². The number of aromatic nitrogens is 2. The Morgan fingerprint density at radius 2 is 2.30 bits per heavy atom. The van der Waals surface area contributed by atoms with Crippen LogP contribution in [0, 0.1) is 0 Å². The Hall–Kier alpha value is -1.54. The first kappa shape index (κ1) is 14.9. The van der Waals surface area contributed by atoms with E-state index in [1.807, 2.05) is 0 Å². The summed E-state index contributed by atoms with van der Waals surface area (Å²) in [6, 6.07) is 1.56. The van der Waals surface area contributed by atoms with Crippen LogP contribution in [0.15, 0.2) is 12.3 Å². The summed E-state index contributed by atoms with van der Waals surface area (Å²) in [7, 11) is -3.25. The van der Waals surface area contributed by atoms with Crippen LogP contribution in [0.25, 0.3) is 0 Å². The van der Waals surface area contributed by atoms with E-state index in [0.717, 1.165) is 25.6 Å². The first-order chi connectivity index (χ1) is 9.37. The van der Waals surface area contributed by atoms with Crippen molar-refractivity contribution in [2.75, 3.05) is 12.8 Å². The van der Waals surface area contributed by atoms with Crippen molar-refractivity contribution < 1.29 is 13.2 Å². The van der Waals surface area contributed by atoms with Gasteiger partial charge in [0.15, 0.2) is 5.82 Å². The van der Waals surface area contributed by atoms with Crippen molar-refractivity contribution in [1.29, 1.82) is 0 Å². The molecular weight excluding hydrogens is 280 g/mol. The molecule has 1 aliphatic rings. The highest BCUT2D eigenvalue weighted by Gasteiger charge is 2.29. The molecule has 0 bridgehead atoms. The Morgan fingerprint density at radius 1 is 1.55 bits per heavy atom. The van der Waals surface area contributed by atoms with Crippen LogP contribution >= 0.6 is 0 Å². The van der Waals surface area contributed by atoms with Crippen molar-refractivity contribution in [1.82, 2.24) is 19.6 Å². The van der Waals surface area contributed by atoms with Gasteiger partial charge in [-0.3, -0.25) is 4.79 Å². The topological polar surface area (TPSA) is 92.3 Å². The lowest BCUT2D eigenvalue weighted by Gasteiger charge is -2.22. The monoisotopic (exact) mass is 298 g/mol. The van der Waals surface area contributed by atoms with Crippen LogP contribution in [0.1, 0.15) is 37.3 Å². The Kier molecular flexibility index (Phi) is 4.34. The van der Waals surface area contributed by atoms with Crippen LogP contribution in [0.3, 0.4) is 0 Å². The second-order valence-corrected chi connectivity index (χ2v) is 6.70. The minimum Gasteiger partial charge on any atom is -0.333 e. The first-order valence-corrected chi connectivity index (χ1v) is 8.29. The fourth-order valence-electron chi connectivity index (χ4n) is 2.29. The van der Waals surface area contributed by atoms with Gasteiger partial charge in [0.2, 0.25) is 15.9 Å². The maximum atomic E-state index is 11.6. The molecule has 20 heavy (non-hydrogen) atoms. The number of rotatable bonds is 4. The lowest BCUT2D eigenvalue weighted by atomic mass is 10.2. The van der Waals surface area contributed by atoms with E-state index in [4.69, 9.17) is 0 Å². The molecule has 0 aliphatic carbocycles. The molecule has 1 atom stereocenters. The number of nitrogens with zero attached hydrogens (tertiary/aromatic N) is 3. The maximum absolute atomic E-state index is 11.6. The van der Waals surface area contributed by atoms with Crippen LogP contribution in [0.5, 0.6) is 0 Å². The predicted octanol–water partition coefficient (Wildman–Crippen LogP) is 0.209. The molecule has 0 radical (unpaired) electrons. The molecule has 0 saturated carbocycles. The number of carbonyl (C=O) groups is 1. The smallest absolute Gasteiger partial charge is 0.220 e. The first-order valence-electron chi connectivity index (χ1n) is 6.40. The number of sulfonamides is 1. The molecule has 1 aliphatic heterocycles. The summed E-state index contributed by atoms with van der Waals surface area (Å²) in [4.78, 5) is 21.9. The lowest BCUT2D eigenvalue weighted by Crippen LogP contribution is -2.29. The number of hydrogen-bond donors (Lipinski definition) is 1. The molecule has 1 N–H and O–H groups in total. The van der Waals surface area contributed by atoms with Crippen LogP contribution < -0.4 is 4.72 Å². The number of likely N-dealkylation sites (tertiary alicyclic amines) is 1. The molecule has 8 heteroatoms. The Morgan fingerprint density at radius 3 is 2.95 bits per heavy atom. The van der Waals surface area contributed by atoms with Crippen LogP contribution in [-0.4, -0.2) is 42.0 Å². The van der Waals surface area contributed by atoms with Gasteiger partial charge >= 0.3 is 0 Å². The summed E-state index contributed by atoms with van der Waals surface area (Å²) in [5, 5.41) is 0. The fraction of sp³-hybridized carbons (Fsp3) is 0.583. The second-order valence-electron chi connectivity index (χ2n) is 4.87. The highest BCUT2D eigenvalue weighted by Crippen LogP contribution is 2.29. The van der Waals surface area contributed by atoms with E-state index in [-0.39, 0.29) is 18.5 Å². The molecule has 2 heterocycles. The molecule has 2 rings (SSSR count). The van der Waals surface area contributed by atoms with Gasteiger partial charge in [0.25, 0.3) is 0 Å². The van der Waals surface area contributed by atoms with Gasteiger partial charge in [0, 0.05) is 19.7 Å². The van der Waals surface area contributed by atoms with Crippen molar-refractivity contribution in [3.63, 3.8) is 0 Å². The molecule has 0 aromatic carbocycles. The second kappa shape index (κ2) is 5.84. The quantitative estimate of drug-likeness (QED) is 0.858. The molecule has 0 spiro atoms. The van der Waals surface area contributed by atoms with Crippen molar-refractivity contribution >= 4 is 15.9 Å². The molecular formula is C12H18N4O3S. The third-order valence-corrected chi connectivity index (χ3v) is 3.87. The van der Waals surface area contributed by atoms with Crippen LogP contribution in [0.2, 0.25) is 0 Å². The molecule has 1 fully saturated rings. The normalized spacial score (nSPS) is 19.3. The molecule has 7 nitrogen and oxygen atoms in total. The molecule has 1 amide bonds. The van der Waals surface area contributed by atoms with E-state index >= 15 is 0 Å². The Balaban J connectivity index is 2.15. The van der Waals surface area contributed by atoms with Crippen LogP contribution in [0.4, 0.5) is 0 Å². The lowest BCUT2D eigenvalue weighted by molar-refractivity contribution is -0.129. The predicted molar refractivity (Wildman–Crippen MR) is 73.1 cm³/mol. The fourth-order valence-corrected chi connectivity index (χ4v) is 2.70. The van der Waals surface area contributed by atoms with E-state index in [1.54, 1.807) is 17.2 Å². The van der Waals surface area contributed by atoms with Gasteiger partial charge in [-0.25, -0.2) is 23.1 Å². The summed E-state index contributed by atoms with van der Waals surface area (Å²) in [6.45, 7) is 2.38. The number of carbonyl (C=O) groups excluding carboxylic acids is 1. The minimum atomic E-state index is -3.25. The SMILES string of the molecule is CC(=O)N1CCC[C@@H]1c1nccc(CNS(C)(=O)=O)n1. The van der Waals surface area contributed by atoms with E-state index in [9.17, 15) is 13.2 Å². The highest BCUT2D eigenvalue weighted by molar-refractivity contribution is 7.88. The maximum Gasteiger partial charge on any atom is 0.220 e. The Bertz CT molecular complexity index is 602. The van der Waals surface area contributed by atoms with Gasteiger partial charge in [0.05, 0.1) is 24.5 Å². The van der Waals surface area contributed by atoms with Crippen LogP contribution in [-0.2, 0) is 21.4 Å². The van der Waals surface area contributed by atoms with Gasteiger partial charge in [-0.05, 0) is 18.9 Å².